The molecule has 0 unspecified atom stereocenters. The Bertz CT molecular complexity index is 274. The van der Waals surface area contributed by atoms with E-state index in [1.165, 1.54) is 57.8 Å². The zero-order chi connectivity index (χ0) is 14.9. The van der Waals surface area contributed by atoms with Crippen molar-refractivity contribution in [3.8, 4) is 0 Å². The van der Waals surface area contributed by atoms with Crippen LogP contribution in [0, 0.1) is 23.7 Å². The standard InChI is InChI=1S/C21H38/c1-3-5-7-9-19-12-16-21(17-13-19)20-14-10-18(11-15-20)8-6-4-2/h7,9,18-21H,3-6,8,10-17H2,1-2H3. The Hall–Kier alpha value is -0.260. The summed E-state index contributed by atoms with van der Waals surface area (Å²) in [4.78, 5) is 0. The average molecular weight is 291 g/mol. The van der Waals surface area contributed by atoms with Gasteiger partial charge in [0.2, 0.25) is 0 Å². The van der Waals surface area contributed by atoms with Crippen LogP contribution in [-0.4, -0.2) is 0 Å². The van der Waals surface area contributed by atoms with Crippen molar-refractivity contribution < 1.29 is 0 Å². The molecule has 0 aromatic carbocycles. The van der Waals surface area contributed by atoms with Gasteiger partial charge in [-0.2, -0.15) is 0 Å². The van der Waals surface area contributed by atoms with Gasteiger partial charge in [0.15, 0.2) is 0 Å². The molecule has 0 amide bonds. The van der Waals surface area contributed by atoms with Crippen molar-refractivity contribution in [2.24, 2.45) is 23.7 Å². The van der Waals surface area contributed by atoms with Crippen molar-refractivity contribution in [1.82, 2.24) is 0 Å². The first kappa shape index (κ1) is 17.1. The topological polar surface area (TPSA) is 0 Å². The van der Waals surface area contributed by atoms with Crippen molar-refractivity contribution in [2.75, 3.05) is 0 Å². The van der Waals surface area contributed by atoms with Crippen molar-refractivity contribution in [3.05, 3.63) is 12.2 Å². The van der Waals surface area contributed by atoms with E-state index in [2.05, 4.69) is 26.0 Å². The average Bonchev–Trinajstić information content (AvgIpc) is 2.54. The molecule has 0 radical (unpaired) electrons. The third-order valence-corrected chi connectivity index (χ3v) is 6.20. The molecule has 21 heavy (non-hydrogen) atoms. The van der Waals surface area contributed by atoms with Gasteiger partial charge in [0, 0.05) is 0 Å². The molecule has 0 heterocycles. The zero-order valence-electron chi connectivity index (χ0n) is 14.7. The van der Waals surface area contributed by atoms with Crippen LogP contribution < -0.4 is 0 Å². The monoisotopic (exact) mass is 290 g/mol. The molecule has 2 aliphatic rings. The molecule has 2 rings (SSSR count). The molecular formula is C21H38. The highest BCUT2D eigenvalue weighted by Crippen LogP contribution is 2.42. The maximum absolute atomic E-state index is 2.53. The molecule has 2 aliphatic carbocycles. The fourth-order valence-corrected chi connectivity index (χ4v) is 4.71. The second-order valence-electron chi connectivity index (χ2n) is 7.81. The molecular weight excluding hydrogens is 252 g/mol. The van der Waals surface area contributed by atoms with Gasteiger partial charge in [-0.15, -0.1) is 0 Å². The molecule has 0 spiro atoms. The van der Waals surface area contributed by atoms with Gasteiger partial charge < -0.3 is 0 Å². The summed E-state index contributed by atoms with van der Waals surface area (Å²) >= 11 is 0. The van der Waals surface area contributed by atoms with E-state index >= 15 is 0 Å². The van der Waals surface area contributed by atoms with Gasteiger partial charge >= 0.3 is 0 Å². The molecule has 0 bridgehead atoms. The summed E-state index contributed by atoms with van der Waals surface area (Å²) < 4.78 is 0. The van der Waals surface area contributed by atoms with Gasteiger partial charge in [0.1, 0.15) is 0 Å². The Morgan fingerprint density at radius 2 is 1.38 bits per heavy atom. The lowest BCUT2D eigenvalue weighted by Gasteiger charge is -2.37. The van der Waals surface area contributed by atoms with Crippen LogP contribution in [0.2, 0.25) is 0 Å². The summed E-state index contributed by atoms with van der Waals surface area (Å²) in [6.45, 7) is 4.61. The van der Waals surface area contributed by atoms with Gasteiger partial charge in [-0.05, 0) is 68.6 Å². The normalized spacial score (nSPS) is 34.4. The number of unbranched alkanes of at least 4 members (excludes halogenated alkanes) is 2. The molecule has 0 aliphatic heterocycles. The molecule has 2 saturated carbocycles. The van der Waals surface area contributed by atoms with E-state index in [4.69, 9.17) is 0 Å². The lowest BCUT2D eigenvalue weighted by atomic mass is 9.68. The van der Waals surface area contributed by atoms with Gasteiger partial charge in [-0.3, -0.25) is 0 Å². The number of hydrogen-bond acceptors (Lipinski definition) is 0. The molecule has 122 valence electrons. The van der Waals surface area contributed by atoms with Crippen LogP contribution in [0.25, 0.3) is 0 Å². The summed E-state index contributed by atoms with van der Waals surface area (Å²) in [5, 5.41) is 0. The van der Waals surface area contributed by atoms with Gasteiger partial charge in [0.25, 0.3) is 0 Å². The molecule has 0 aromatic rings. The summed E-state index contributed by atoms with van der Waals surface area (Å²) in [5.41, 5.74) is 0. The Labute approximate surface area is 133 Å². The van der Waals surface area contributed by atoms with Crippen LogP contribution in [0.3, 0.4) is 0 Å². The van der Waals surface area contributed by atoms with Crippen LogP contribution >= 0.6 is 0 Å². The third-order valence-electron chi connectivity index (χ3n) is 6.20. The quantitative estimate of drug-likeness (QED) is 0.437. The summed E-state index contributed by atoms with van der Waals surface area (Å²) in [6, 6.07) is 0. The Morgan fingerprint density at radius 1 is 0.762 bits per heavy atom. The van der Waals surface area contributed by atoms with Crippen LogP contribution in [0.1, 0.15) is 97.3 Å². The van der Waals surface area contributed by atoms with Crippen molar-refractivity contribution in [1.29, 1.82) is 0 Å². The number of rotatable bonds is 7. The first-order valence-corrected chi connectivity index (χ1v) is 10.00. The summed E-state index contributed by atoms with van der Waals surface area (Å²) in [7, 11) is 0. The Balaban J connectivity index is 1.64. The Morgan fingerprint density at radius 3 is 1.95 bits per heavy atom. The van der Waals surface area contributed by atoms with E-state index in [-0.39, 0.29) is 0 Å². The maximum atomic E-state index is 2.53. The van der Waals surface area contributed by atoms with Crippen molar-refractivity contribution in [2.45, 2.75) is 97.3 Å². The maximum Gasteiger partial charge on any atom is -0.0233 e. The summed E-state index contributed by atoms with van der Waals surface area (Å²) in [5.74, 6) is 4.15. The molecule has 2 fully saturated rings. The van der Waals surface area contributed by atoms with E-state index in [0.717, 1.165) is 23.7 Å². The predicted octanol–water partition coefficient (Wildman–Crippen LogP) is 7.15. The lowest BCUT2D eigenvalue weighted by molar-refractivity contribution is 0.151. The second kappa shape index (κ2) is 9.70. The number of allylic oxidation sites excluding steroid dienone is 2. The van der Waals surface area contributed by atoms with Crippen LogP contribution in [0.4, 0.5) is 0 Å². The van der Waals surface area contributed by atoms with Crippen molar-refractivity contribution >= 4 is 0 Å². The Kier molecular flexibility index (Phi) is 7.89. The predicted molar refractivity (Wildman–Crippen MR) is 94.5 cm³/mol. The van der Waals surface area contributed by atoms with E-state index in [0.29, 0.717) is 0 Å². The van der Waals surface area contributed by atoms with Crippen LogP contribution in [0.5, 0.6) is 0 Å². The first-order chi connectivity index (χ1) is 10.3. The minimum atomic E-state index is 0.911. The molecule has 0 N–H and O–H groups in total. The fraction of sp³-hybridized carbons (Fsp3) is 0.905. The molecule has 0 aromatic heterocycles. The second-order valence-corrected chi connectivity index (χ2v) is 7.81. The van der Waals surface area contributed by atoms with E-state index < -0.39 is 0 Å². The number of hydrogen-bond donors (Lipinski definition) is 0. The minimum Gasteiger partial charge on any atom is -0.0883 e. The fourth-order valence-electron chi connectivity index (χ4n) is 4.71. The highest BCUT2D eigenvalue weighted by molar-refractivity contribution is 4.92. The zero-order valence-corrected chi connectivity index (χ0v) is 14.7. The molecule has 0 heteroatoms. The minimum absolute atomic E-state index is 0.911. The van der Waals surface area contributed by atoms with Gasteiger partial charge in [0.05, 0.1) is 0 Å². The largest absolute Gasteiger partial charge is 0.0883 e. The molecule has 0 saturated heterocycles. The highest BCUT2D eigenvalue weighted by Gasteiger charge is 2.29. The van der Waals surface area contributed by atoms with E-state index in [9.17, 15) is 0 Å². The van der Waals surface area contributed by atoms with Gasteiger partial charge in [-0.25, -0.2) is 0 Å². The molecule has 0 nitrogen and oxygen atoms in total. The smallest absolute Gasteiger partial charge is 0.0233 e. The van der Waals surface area contributed by atoms with E-state index in [1.807, 2.05) is 0 Å². The first-order valence-electron chi connectivity index (χ1n) is 10.00. The van der Waals surface area contributed by atoms with Crippen LogP contribution in [0.15, 0.2) is 12.2 Å². The highest BCUT2D eigenvalue weighted by atomic mass is 14.4. The lowest BCUT2D eigenvalue weighted by Crippen LogP contribution is -2.25. The van der Waals surface area contributed by atoms with E-state index in [1.54, 1.807) is 25.7 Å². The SMILES string of the molecule is CCCC=CC1CCC(C2CCC(CCCC)CC2)CC1. The summed E-state index contributed by atoms with van der Waals surface area (Å²) in [6.07, 6.45) is 24.1. The third kappa shape index (κ3) is 5.80. The van der Waals surface area contributed by atoms with Crippen molar-refractivity contribution in [3.63, 3.8) is 0 Å². The van der Waals surface area contributed by atoms with Gasteiger partial charge in [-0.1, -0.05) is 64.5 Å². The van der Waals surface area contributed by atoms with Crippen LogP contribution in [-0.2, 0) is 0 Å². The molecule has 0 atom stereocenters.